The maximum Gasteiger partial charge on any atom is 0.274 e. The molecule has 2 aromatic carbocycles. The maximum atomic E-state index is 12.4. The van der Waals surface area contributed by atoms with Crippen LogP contribution in [0.15, 0.2) is 60.8 Å². The molecule has 0 unspecified atom stereocenters. The van der Waals surface area contributed by atoms with E-state index >= 15 is 0 Å². The van der Waals surface area contributed by atoms with Crippen molar-refractivity contribution in [3.8, 4) is 6.07 Å². The first-order valence-corrected chi connectivity index (χ1v) is 8.87. The van der Waals surface area contributed by atoms with Crippen molar-refractivity contribution < 1.29 is 4.79 Å². The van der Waals surface area contributed by atoms with Gasteiger partial charge >= 0.3 is 0 Å². The van der Waals surface area contributed by atoms with Crippen LogP contribution in [0.25, 0.3) is 0 Å². The van der Waals surface area contributed by atoms with Crippen molar-refractivity contribution in [2.45, 2.75) is 26.2 Å². The summed E-state index contributed by atoms with van der Waals surface area (Å²) < 4.78 is 0. The number of nitrogens with one attached hydrogen (secondary N) is 2. The lowest BCUT2D eigenvalue weighted by Gasteiger charge is -2.19. The van der Waals surface area contributed by atoms with Crippen LogP contribution in [0.4, 0.5) is 17.3 Å². The smallest absolute Gasteiger partial charge is 0.274 e. The molecule has 0 radical (unpaired) electrons. The molecule has 0 atom stereocenters. The van der Waals surface area contributed by atoms with Crippen LogP contribution in [-0.4, -0.2) is 15.9 Å². The van der Waals surface area contributed by atoms with Crippen molar-refractivity contribution in [1.29, 1.82) is 5.26 Å². The summed E-state index contributed by atoms with van der Waals surface area (Å²) in [6.07, 6.45) is 1.53. The van der Waals surface area contributed by atoms with Crippen LogP contribution < -0.4 is 10.6 Å². The van der Waals surface area contributed by atoms with Crippen LogP contribution in [0.5, 0.6) is 0 Å². The standard InChI is InChI=1S/C22H21N5O/c1-22(2,3)16-6-10-18(11-7-16)26-21-24-13-12-19(27-21)20(28)25-17-8-4-15(14-23)5-9-17/h4-13H,1-3H3,(H,25,28)(H,24,26,27). The number of carbonyl (C=O) groups excluding carboxylic acids is 1. The third kappa shape index (κ3) is 4.71. The Hall–Kier alpha value is -3.72. The molecule has 0 aliphatic rings. The number of amides is 1. The van der Waals surface area contributed by atoms with Gasteiger partial charge in [-0.25, -0.2) is 9.97 Å². The fraction of sp³-hybridized carbons (Fsp3) is 0.182. The van der Waals surface area contributed by atoms with Gasteiger partial charge in [0, 0.05) is 17.6 Å². The molecule has 0 saturated carbocycles. The van der Waals surface area contributed by atoms with E-state index < -0.39 is 0 Å². The summed E-state index contributed by atoms with van der Waals surface area (Å²) in [5.74, 6) is -0.00535. The van der Waals surface area contributed by atoms with Gasteiger partial charge in [-0.05, 0) is 53.4 Å². The second kappa shape index (κ2) is 7.89. The first-order chi connectivity index (χ1) is 13.3. The molecule has 0 saturated heterocycles. The Balaban J connectivity index is 1.71. The second-order valence-corrected chi connectivity index (χ2v) is 7.36. The molecule has 140 valence electrons. The molecule has 6 nitrogen and oxygen atoms in total. The van der Waals surface area contributed by atoms with Crippen LogP contribution in [0.2, 0.25) is 0 Å². The molecule has 3 aromatic rings. The van der Waals surface area contributed by atoms with Crippen LogP contribution in [0, 0.1) is 11.3 Å². The van der Waals surface area contributed by atoms with E-state index in [-0.39, 0.29) is 17.0 Å². The number of nitrogens with zero attached hydrogens (tertiary/aromatic N) is 3. The maximum absolute atomic E-state index is 12.4. The van der Waals surface area contributed by atoms with Gasteiger partial charge in [0.15, 0.2) is 0 Å². The Kier molecular flexibility index (Phi) is 5.37. The quantitative estimate of drug-likeness (QED) is 0.697. The zero-order valence-corrected chi connectivity index (χ0v) is 16.0. The number of nitriles is 1. The van der Waals surface area contributed by atoms with Crippen LogP contribution in [0.3, 0.4) is 0 Å². The van der Waals surface area contributed by atoms with Gasteiger partial charge in [-0.2, -0.15) is 5.26 Å². The highest BCUT2D eigenvalue weighted by Gasteiger charge is 2.13. The van der Waals surface area contributed by atoms with Gasteiger partial charge in [-0.3, -0.25) is 4.79 Å². The van der Waals surface area contributed by atoms with Gasteiger partial charge in [0.1, 0.15) is 5.69 Å². The summed E-state index contributed by atoms with van der Waals surface area (Å²) in [6.45, 7) is 6.48. The van der Waals surface area contributed by atoms with E-state index in [1.54, 1.807) is 30.3 Å². The molecule has 0 aliphatic carbocycles. The average Bonchev–Trinajstić information content (AvgIpc) is 2.68. The molecule has 1 amide bonds. The Morgan fingerprint density at radius 2 is 1.61 bits per heavy atom. The molecule has 6 heteroatoms. The molecular weight excluding hydrogens is 350 g/mol. The number of benzene rings is 2. The van der Waals surface area contributed by atoms with Gasteiger partial charge in [0.25, 0.3) is 5.91 Å². The number of anilines is 3. The summed E-state index contributed by atoms with van der Waals surface area (Å²) in [5, 5.41) is 14.7. The van der Waals surface area contributed by atoms with E-state index in [1.807, 2.05) is 18.2 Å². The third-order valence-corrected chi connectivity index (χ3v) is 4.17. The largest absolute Gasteiger partial charge is 0.324 e. The summed E-state index contributed by atoms with van der Waals surface area (Å²) in [5.41, 5.74) is 3.53. The summed E-state index contributed by atoms with van der Waals surface area (Å²) in [6, 6.07) is 18.3. The van der Waals surface area contributed by atoms with E-state index in [4.69, 9.17) is 5.26 Å². The molecular formula is C22H21N5O. The molecule has 28 heavy (non-hydrogen) atoms. The number of rotatable bonds is 4. The van der Waals surface area contributed by atoms with Crippen molar-refractivity contribution in [1.82, 2.24) is 9.97 Å². The highest BCUT2D eigenvalue weighted by molar-refractivity contribution is 6.03. The Bertz CT molecular complexity index is 1010. The lowest BCUT2D eigenvalue weighted by molar-refractivity contribution is 0.102. The minimum Gasteiger partial charge on any atom is -0.324 e. The predicted octanol–water partition coefficient (Wildman–Crippen LogP) is 4.64. The van der Waals surface area contributed by atoms with Gasteiger partial charge in [-0.15, -0.1) is 0 Å². The SMILES string of the molecule is CC(C)(C)c1ccc(Nc2nccc(C(=O)Nc3ccc(C#N)cc3)n2)cc1. The van der Waals surface area contributed by atoms with Crippen LogP contribution >= 0.6 is 0 Å². The Labute approximate surface area is 164 Å². The predicted molar refractivity (Wildman–Crippen MR) is 110 cm³/mol. The monoisotopic (exact) mass is 371 g/mol. The number of hydrogen-bond acceptors (Lipinski definition) is 5. The van der Waals surface area contributed by atoms with E-state index in [0.29, 0.717) is 17.2 Å². The molecule has 0 aliphatic heterocycles. The normalized spacial score (nSPS) is 10.8. The summed E-state index contributed by atoms with van der Waals surface area (Å²) in [4.78, 5) is 20.9. The van der Waals surface area contributed by atoms with E-state index in [9.17, 15) is 4.79 Å². The van der Waals surface area contributed by atoms with Crippen molar-refractivity contribution in [2.75, 3.05) is 10.6 Å². The Morgan fingerprint density at radius 1 is 0.964 bits per heavy atom. The number of carbonyl (C=O) groups is 1. The lowest BCUT2D eigenvalue weighted by atomic mass is 9.87. The number of hydrogen-bond donors (Lipinski definition) is 2. The molecule has 3 rings (SSSR count). The van der Waals surface area contributed by atoms with Gasteiger partial charge < -0.3 is 10.6 Å². The minimum absolute atomic E-state index is 0.0818. The number of aromatic nitrogens is 2. The zero-order chi connectivity index (χ0) is 20.1. The van der Waals surface area contributed by atoms with Crippen LogP contribution in [0.1, 0.15) is 42.4 Å². The average molecular weight is 371 g/mol. The van der Waals surface area contributed by atoms with Gasteiger partial charge in [0.05, 0.1) is 11.6 Å². The lowest BCUT2D eigenvalue weighted by Crippen LogP contribution is -2.14. The fourth-order valence-corrected chi connectivity index (χ4v) is 2.55. The van der Waals surface area contributed by atoms with Gasteiger partial charge in [-0.1, -0.05) is 32.9 Å². The van der Waals surface area contributed by atoms with Gasteiger partial charge in [0.2, 0.25) is 5.95 Å². The van der Waals surface area contributed by atoms with Crippen molar-refractivity contribution in [3.05, 3.63) is 77.6 Å². The van der Waals surface area contributed by atoms with Crippen molar-refractivity contribution in [2.24, 2.45) is 0 Å². The first kappa shape index (κ1) is 19.1. The molecule has 1 aromatic heterocycles. The molecule has 2 N–H and O–H groups in total. The van der Waals surface area contributed by atoms with E-state index in [0.717, 1.165) is 5.69 Å². The zero-order valence-electron chi connectivity index (χ0n) is 16.0. The minimum atomic E-state index is -0.349. The third-order valence-electron chi connectivity index (χ3n) is 4.17. The van der Waals surface area contributed by atoms with Crippen molar-refractivity contribution in [3.63, 3.8) is 0 Å². The van der Waals surface area contributed by atoms with E-state index in [1.165, 1.54) is 11.8 Å². The Morgan fingerprint density at radius 3 is 2.21 bits per heavy atom. The summed E-state index contributed by atoms with van der Waals surface area (Å²) in [7, 11) is 0. The topological polar surface area (TPSA) is 90.7 Å². The van der Waals surface area contributed by atoms with E-state index in [2.05, 4.69) is 53.5 Å². The highest BCUT2D eigenvalue weighted by atomic mass is 16.1. The molecule has 0 fully saturated rings. The molecule has 0 spiro atoms. The fourth-order valence-electron chi connectivity index (χ4n) is 2.55. The highest BCUT2D eigenvalue weighted by Crippen LogP contribution is 2.24. The second-order valence-electron chi connectivity index (χ2n) is 7.36. The van der Waals surface area contributed by atoms with Crippen LogP contribution in [-0.2, 0) is 5.41 Å². The first-order valence-electron chi connectivity index (χ1n) is 8.87. The molecule has 0 bridgehead atoms. The molecule has 1 heterocycles. The summed E-state index contributed by atoms with van der Waals surface area (Å²) >= 11 is 0. The van der Waals surface area contributed by atoms with Crippen molar-refractivity contribution >= 4 is 23.2 Å².